The summed E-state index contributed by atoms with van der Waals surface area (Å²) >= 11 is 5.87. The Hall–Kier alpha value is -1.47. The number of alkyl halides is 2. The first-order valence-electron chi connectivity index (χ1n) is 7.87. The number of hydrogen-bond donors (Lipinski definition) is 3. The van der Waals surface area contributed by atoms with E-state index in [0.29, 0.717) is 24.9 Å². The summed E-state index contributed by atoms with van der Waals surface area (Å²) in [5, 5.41) is 15.3. The molecule has 0 saturated heterocycles. The van der Waals surface area contributed by atoms with Gasteiger partial charge in [-0.05, 0) is 39.2 Å². The maximum absolute atomic E-state index is 13.8. The van der Waals surface area contributed by atoms with Crippen molar-refractivity contribution in [3.8, 4) is 0 Å². The monoisotopic (exact) mass is 361 g/mol. The van der Waals surface area contributed by atoms with Gasteiger partial charge in [0.15, 0.2) is 0 Å². The standard InChI is InChI=1S/C16H22ClF2N3O2/c1-16(2,24)13(19)8-21-15(23)11-7-20-14(17)6-12(11)22-10-4-3-9(18)5-10/h6-7,9-10,13,24H,3-5,8H2,1-2H3,(H,20,22)(H,21,23)/t9?,10?,13-/m1/s1. The molecule has 1 heterocycles. The van der Waals surface area contributed by atoms with Crippen molar-refractivity contribution in [2.45, 2.75) is 57.1 Å². The van der Waals surface area contributed by atoms with Crippen molar-refractivity contribution >= 4 is 23.2 Å². The Balaban J connectivity index is 2.07. The number of carbonyl (C=O) groups is 1. The van der Waals surface area contributed by atoms with E-state index in [1.54, 1.807) is 0 Å². The van der Waals surface area contributed by atoms with Crippen LogP contribution in [0.4, 0.5) is 14.5 Å². The number of amides is 1. The normalized spacial score (nSPS) is 22.2. The van der Waals surface area contributed by atoms with Crippen molar-refractivity contribution in [3.63, 3.8) is 0 Å². The van der Waals surface area contributed by atoms with Gasteiger partial charge in [-0.2, -0.15) is 0 Å². The Bertz CT molecular complexity index is 595. The van der Waals surface area contributed by atoms with Crippen LogP contribution >= 0.6 is 11.6 Å². The Morgan fingerprint density at radius 1 is 1.54 bits per heavy atom. The molecule has 1 aromatic heterocycles. The number of hydrogen-bond acceptors (Lipinski definition) is 4. The first kappa shape index (κ1) is 18.9. The lowest BCUT2D eigenvalue weighted by Gasteiger charge is -2.23. The predicted octanol–water partition coefficient (Wildman–Crippen LogP) is 2.88. The fraction of sp³-hybridized carbons (Fsp3) is 0.625. The number of carbonyl (C=O) groups excluding carboxylic acids is 1. The second kappa shape index (κ2) is 7.61. The topological polar surface area (TPSA) is 74.2 Å². The van der Waals surface area contributed by atoms with Gasteiger partial charge in [0, 0.05) is 12.2 Å². The van der Waals surface area contributed by atoms with E-state index in [1.807, 2.05) is 0 Å². The highest BCUT2D eigenvalue weighted by Crippen LogP contribution is 2.27. The molecule has 8 heteroatoms. The lowest BCUT2D eigenvalue weighted by molar-refractivity contribution is -0.00177. The van der Waals surface area contributed by atoms with E-state index in [1.165, 1.54) is 26.1 Å². The van der Waals surface area contributed by atoms with Crippen LogP contribution in [0.3, 0.4) is 0 Å². The van der Waals surface area contributed by atoms with Crippen molar-refractivity contribution < 1.29 is 18.7 Å². The Morgan fingerprint density at radius 2 is 2.25 bits per heavy atom. The van der Waals surface area contributed by atoms with Gasteiger partial charge in [0.05, 0.1) is 23.4 Å². The SMILES string of the molecule is CC(C)(O)[C@H](F)CNC(=O)c1cnc(Cl)cc1NC1CCC(F)C1. The summed E-state index contributed by atoms with van der Waals surface area (Å²) in [5.41, 5.74) is -0.915. The fourth-order valence-electron chi connectivity index (χ4n) is 2.53. The Kier molecular flexibility index (Phi) is 5.98. The largest absolute Gasteiger partial charge is 0.387 e. The fourth-order valence-corrected chi connectivity index (χ4v) is 2.69. The van der Waals surface area contributed by atoms with Gasteiger partial charge in [0.1, 0.15) is 17.5 Å². The number of aliphatic hydroxyl groups is 1. The molecule has 5 nitrogen and oxygen atoms in total. The van der Waals surface area contributed by atoms with Gasteiger partial charge in [-0.3, -0.25) is 4.79 Å². The third-order valence-corrected chi connectivity index (χ3v) is 4.26. The highest BCUT2D eigenvalue weighted by atomic mass is 35.5. The van der Waals surface area contributed by atoms with E-state index in [-0.39, 0.29) is 23.3 Å². The quantitative estimate of drug-likeness (QED) is 0.681. The highest BCUT2D eigenvalue weighted by Gasteiger charge is 2.28. The van der Waals surface area contributed by atoms with Crippen LogP contribution in [-0.2, 0) is 0 Å². The van der Waals surface area contributed by atoms with Crippen LogP contribution in [0.1, 0.15) is 43.5 Å². The van der Waals surface area contributed by atoms with Crippen LogP contribution in [0.2, 0.25) is 5.15 Å². The maximum Gasteiger partial charge on any atom is 0.255 e. The lowest BCUT2D eigenvalue weighted by Crippen LogP contribution is -2.42. The predicted molar refractivity (Wildman–Crippen MR) is 88.9 cm³/mol. The molecule has 1 amide bonds. The van der Waals surface area contributed by atoms with E-state index in [4.69, 9.17) is 11.6 Å². The molecule has 3 N–H and O–H groups in total. The Morgan fingerprint density at radius 3 is 2.83 bits per heavy atom. The highest BCUT2D eigenvalue weighted by molar-refractivity contribution is 6.29. The number of nitrogens with zero attached hydrogens (tertiary/aromatic N) is 1. The molecule has 2 unspecified atom stereocenters. The number of halogens is 3. The van der Waals surface area contributed by atoms with E-state index < -0.39 is 23.9 Å². The first-order valence-corrected chi connectivity index (χ1v) is 8.25. The minimum atomic E-state index is -1.61. The second-order valence-corrected chi connectivity index (χ2v) is 7.02. The van der Waals surface area contributed by atoms with Gasteiger partial charge in [0.25, 0.3) is 5.91 Å². The molecule has 3 atom stereocenters. The van der Waals surface area contributed by atoms with Crippen molar-refractivity contribution in [2.24, 2.45) is 0 Å². The van der Waals surface area contributed by atoms with E-state index >= 15 is 0 Å². The van der Waals surface area contributed by atoms with Crippen LogP contribution < -0.4 is 10.6 Å². The van der Waals surface area contributed by atoms with E-state index in [0.717, 1.165) is 0 Å². The summed E-state index contributed by atoms with van der Waals surface area (Å²) in [6.45, 7) is 2.32. The number of rotatable bonds is 6. The lowest BCUT2D eigenvalue weighted by atomic mass is 10.0. The van der Waals surface area contributed by atoms with Gasteiger partial charge >= 0.3 is 0 Å². The summed E-state index contributed by atoms with van der Waals surface area (Å²) in [7, 11) is 0. The minimum absolute atomic E-state index is 0.0877. The molecular weight excluding hydrogens is 340 g/mol. The van der Waals surface area contributed by atoms with Crippen molar-refractivity contribution in [3.05, 3.63) is 23.0 Å². The number of aromatic nitrogens is 1. The molecule has 1 aromatic rings. The number of nitrogens with one attached hydrogen (secondary N) is 2. The van der Waals surface area contributed by atoms with E-state index in [9.17, 15) is 18.7 Å². The molecule has 0 radical (unpaired) electrons. The first-order chi connectivity index (χ1) is 11.2. The van der Waals surface area contributed by atoms with Crippen LogP contribution in [0.25, 0.3) is 0 Å². The molecule has 0 bridgehead atoms. The van der Waals surface area contributed by atoms with Crippen LogP contribution in [0, 0.1) is 0 Å². The van der Waals surface area contributed by atoms with Gasteiger partial charge < -0.3 is 15.7 Å². The zero-order valence-corrected chi connectivity index (χ0v) is 14.4. The molecule has 0 spiro atoms. The Labute approximate surface area is 144 Å². The third-order valence-electron chi connectivity index (χ3n) is 4.05. The van der Waals surface area contributed by atoms with Crippen LogP contribution in [0.15, 0.2) is 12.3 Å². The number of anilines is 1. The van der Waals surface area contributed by atoms with Gasteiger partial charge in [0.2, 0.25) is 0 Å². The smallest absolute Gasteiger partial charge is 0.255 e. The molecule has 1 aliphatic rings. The van der Waals surface area contributed by atoms with Crippen molar-refractivity contribution in [1.82, 2.24) is 10.3 Å². The summed E-state index contributed by atoms with van der Waals surface area (Å²) in [5.74, 6) is -0.539. The molecule has 1 aliphatic carbocycles. The average molecular weight is 362 g/mol. The van der Waals surface area contributed by atoms with Gasteiger partial charge in [-0.15, -0.1) is 0 Å². The van der Waals surface area contributed by atoms with Crippen LogP contribution in [-0.4, -0.2) is 46.5 Å². The van der Waals surface area contributed by atoms with Crippen LogP contribution in [0.5, 0.6) is 0 Å². The molecule has 1 saturated carbocycles. The average Bonchev–Trinajstić information content (AvgIpc) is 2.88. The molecule has 2 rings (SSSR count). The summed E-state index contributed by atoms with van der Waals surface area (Å²) in [4.78, 5) is 16.2. The molecule has 24 heavy (non-hydrogen) atoms. The number of pyridine rings is 1. The maximum atomic E-state index is 13.8. The molecule has 134 valence electrons. The molecular formula is C16H22ClF2N3O2. The van der Waals surface area contributed by atoms with Gasteiger partial charge in [-0.25, -0.2) is 13.8 Å². The summed E-state index contributed by atoms with van der Waals surface area (Å²) in [6, 6.07) is 1.40. The summed E-state index contributed by atoms with van der Waals surface area (Å²) < 4.78 is 27.1. The third kappa shape index (κ3) is 5.01. The molecule has 0 aliphatic heterocycles. The molecule has 0 aromatic carbocycles. The minimum Gasteiger partial charge on any atom is -0.387 e. The zero-order chi connectivity index (χ0) is 17.9. The molecule has 1 fully saturated rings. The zero-order valence-electron chi connectivity index (χ0n) is 13.7. The second-order valence-electron chi connectivity index (χ2n) is 6.64. The summed E-state index contributed by atoms with van der Waals surface area (Å²) in [6.07, 6.45) is 0.336. The van der Waals surface area contributed by atoms with Gasteiger partial charge in [-0.1, -0.05) is 11.6 Å². The van der Waals surface area contributed by atoms with E-state index in [2.05, 4.69) is 15.6 Å². The van der Waals surface area contributed by atoms with Crippen molar-refractivity contribution in [1.29, 1.82) is 0 Å². The van der Waals surface area contributed by atoms with Crippen molar-refractivity contribution in [2.75, 3.05) is 11.9 Å².